The van der Waals surface area contributed by atoms with Gasteiger partial charge in [0.25, 0.3) is 0 Å². The molecule has 2 aliphatic carbocycles. The molecular formula is C16H26N2. The van der Waals surface area contributed by atoms with Gasteiger partial charge in [-0.05, 0) is 31.2 Å². The largest absolute Gasteiger partial charge is 0.272 e. The Morgan fingerprint density at radius 1 is 1.06 bits per heavy atom. The molecule has 3 rings (SSSR count). The standard InChI is InChI=1S/C16H26N2/c1-15(2,3)14-12-8-11-16(9-6-5-7-10-16)13(12)17-18(14)4/h5-11H2,1-4H3. The quantitative estimate of drug-likeness (QED) is 0.679. The summed E-state index contributed by atoms with van der Waals surface area (Å²) in [5.41, 5.74) is 5.20. The Hall–Kier alpha value is -0.790. The van der Waals surface area contributed by atoms with Crippen LogP contribution in [0.1, 0.15) is 76.2 Å². The molecule has 2 nitrogen and oxygen atoms in total. The summed E-state index contributed by atoms with van der Waals surface area (Å²) >= 11 is 0. The number of aromatic nitrogens is 2. The third-order valence-corrected chi connectivity index (χ3v) is 5.02. The number of hydrogen-bond acceptors (Lipinski definition) is 1. The van der Waals surface area contributed by atoms with Crippen LogP contribution >= 0.6 is 0 Å². The molecule has 1 fully saturated rings. The number of hydrogen-bond donors (Lipinski definition) is 0. The summed E-state index contributed by atoms with van der Waals surface area (Å²) in [6.45, 7) is 6.95. The van der Waals surface area contributed by atoms with Crippen LogP contribution < -0.4 is 0 Å². The zero-order chi connectivity index (χ0) is 13.0. The molecule has 2 heteroatoms. The van der Waals surface area contributed by atoms with E-state index in [1.807, 2.05) is 0 Å². The molecule has 1 heterocycles. The molecule has 1 spiro atoms. The van der Waals surface area contributed by atoms with Crippen molar-refractivity contribution in [3.8, 4) is 0 Å². The monoisotopic (exact) mass is 246 g/mol. The Balaban J connectivity index is 2.08. The number of fused-ring (bicyclic) bond motifs is 2. The van der Waals surface area contributed by atoms with Gasteiger partial charge in [0.15, 0.2) is 0 Å². The van der Waals surface area contributed by atoms with E-state index in [-0.39, 0.29) is 5.41 Å². The van der Waals surface area contributed by atoms with Crippen LogP contribution in [0.4, 0.5) is 0 Å². The lowest BCUT2D eigenvalue weighted by Crippen LogP contribution is -2.27. The Bertz CT molecular complexity index is 456. The molecule has 100 valence electrons. The van der Waals surface area contributed by atoms with Gasteiger partial charge in [-0.3, -0.25) is 4.68 Å². The fraction of sp³-hybridized carbons (Fsp3) is 0.812. The summed E-state index contributed by atoms with van der Waals surface area (Å²) in [5.74, 6) is 0. The van der Waals surface area contributed by atoms with Crippen LogP contribution in [-0.2, 0) is 24.3 Å². The van der Waals surface area contributed by atoms with Crippen LogP contribution in [0, 0.1) is 0 Å². The summed E-state index contributed by atoms with van der Waals surface area (Å²) in [4.78, 5) is 0. The van der Waals surface area contributed by atoms with Crippen molar-refractivity contribution < 1.29 is 0 Å². The second-order valence-electron chi connectivity index (χ2n) is 7.39. The molecule has 0 saturated heterocycles. The molecule has 2 aliphatic rings. The van der Waals surface area contributed by atoms with Crippen molar-refractivity contribution in [3.63, 3.8) is 0 Å². The average molecular weight is 246 g/mol. The summed E-state index contributed by atoms with van der Waals surface area (Å²) in [5, 5.41) is 4.95. The van der Waals surface area contributed by atoms with E-state index in [0.717, 1.165) is 0 Å². The van der Waals surface area contributed by atoms with E-state index < -0.39 is 0 Å². The Labute approximate surface area is 111 Å². The maximum Gasteiger partial charge on any atom is 0.0721 e. The molecule has 1 aromatic rings. The second-order valence-corrected chi connectivity index (χ2v) is 7.39. The van der Waals surface area contributed by atoms with Crippen molar-refractivity contribution in [3.05, 3.63) is 17.0 Å². The predicted molar refractivity (Wildman–Crippen MR) is 75.0 cm³/mol. The Kier molecular flexibility index (Phi) is 2.62. The fourth-order valence-electron chi connectivity index (χ4n) is 4.37. The van der Waals surface area contributed by atoms with E-state index >= 15 is 0 Å². The van der Waals surface area contributed by atoms with Crippen LogP contribution in [0.3, 0.4) is 0 Å². The van der Waals surface area contributed by atoms with Gasteiger partial charge in [-0.2, -0.15) is 5.10 Å². The molecule has 1 saturated carbocycles. The first-order valence-corrected chi connectivity index (χ1v) is 7.51. The number of aryl methyl sites for hydroxylation is 1. The highest BCUT2D eigenvalue weighted by Crippen LogP contribution is 2.50. The molecule has 0 amide bonds. The van der Waals surface area contributed by atoms with E-state index in [9.17, 15) is 0 Å². The van der Waals surface area contributed by atoms with Crippen molar-refractivity contribution in [1.82, 2.24) is 9.78 Å². The molecule has 0 unspecified atom stereocenters. The van der Waals surface area contributed by atoms with Crippen molar-refractivity contribution in [2.24, 2.45) is 7.05 Å². The van der Waals surface area contributed by atoms with Gasteiger partial charge in [0.05, 0.1) is 5.69 Å². The summed E-state index contributed by atoms with van der Waals surface area (Å²) in [7, 11) is 2.13. The van der Waals surface area contributed by atoms with Crippen molar-refractivity contribution in [2.75, 3.05) is 0 Å². The first-order chi connectivity index (χ1) is 8.44. The third kappa shape index (κ3) is 1.64. The molecule has 0 aliphatic heterocycles. The molecular weight excluding hydrogens is 220 g/mol. The molecule has 18 heavy (non-hydrogen) atoms. The molecule has 0 N–H and O–H groups in total. The summed E-state index contributed by atoms with van der Waals surface area (Å²) < 4.78 is 2.17. The maximum atomic E-state index is 4.95. The van der Waals surface area contributed by atoms with Gasteiger partial charge in [-0.1, -0.05) is 40.0 Å². The van der Waals surface area contributed by atoms with Gasteiger partial charge >= 0.3 is 0 Å². The van der Waals surface area contributed by atoms with Crippen molar-refractivity contribution >= 4 is 0 Å². The SMILES string of the molecule is Cn1nc2c(c1C(C)(C)C)CCC21CCCCC1. The fourth-order valence-corrected chi connectivity index (χ4v) is 4.37. The number of nitrogens with zero attached hydrogens (tertiary/aromatic N) is 2. The second kappa shape index (κ2) is 3.85. The van der Waals surface area contributed by atoms with Gasteiger partial charge in [0.1, 0.15) is 0 Å². The van der Waals surface area contributed by atoms with Crippen LogP contribution in [0.5, 0.6) is 0 Å². The predicted octanol–water partition coefficient (Wildman–Crippen LogP) is 3.87. The topological polar surface area (TPSA) is 17.8 Å². The summed E-state index contributed by atoms with van der Waals surface area (Å²) in [6, 6.07) is 0. The van der Waals surface area contributed by atoms with E-state index in [4.69, 9.17) is 5.10 Å². The smallest absolute Gasteiger partial charge is 0.0721 e. The van der Waals surface area contributed by atoms with Gasteiger partial charge in [0, 0.05) is 23.6 Å². The van der Waals surface area contributed by atoms with E-state index in [1.165, 1.54) is 56.3 Å². The first kappa shape index (κ1) is 12.3. The molecule has 1 aromatic heterocycles. The minimum atomic E-state index is 0.218. The van der Waals surface area contributed by atoms with Gasteiger partial charge in [0.2, 0.25) is 0 Å². The molecule has 0 aromatic carbocycles. The Morgan fingerprint density at radius 3 is 2.33 bits per heavy atom. The lowest BCUT2D eigenvalue weighted by molar-refractivity contribution is 0.282. The number of rotatable bonds is 0. The highest BCUT2D eigenvalue weighted by molar-refractivity contribution is 5.41. The molecule has 0 bridgehead atoms. The molecule has 0 radical (unpaired) electrons. The highest BCUT2D eigenvalue weighted by atomic mass is 15.3. The van der Waals surface area contributed by atoms with Crippen molar-refractivity contribution in [1.29, 1.82) is 0 Å². The third-order valence-electron chi connectivity index (χ3n) is 5.02. The highest BCUT2D eigenvalue weighted by Gasteiger charge is 2.44. The first-order valence-electron chi connectivity index (χ1n) is 7.51. The Morgan fingerprint density at radius 2 is 1.72 bits per heavy atom. The van der Waals surface area contributed by atoms with Gasteiger partial charge in [-0.15, -0.1) is 0 Å². The van der Waals surface area contributed by atoms with Gasteiger partial charge in [-0.25, -0.2) is 0 Å². The maximum absolute atomic E-state index is 4.95. The minimum Gasteiger partial charge on any atom is -0.272 e. The van der Waals surface area contributed by atoms with E-state index in [1.54, 1.807) is 5.56 Å². The van der Waals surface area contributed by atoms with Crippen LogP contribution in [0.25, 0.3) is 0 Å². The summed E-state index contributed by atoms with van der Waals surface area (Å²) in [6.07, 6.45) is 9.60. The van der Waals surface area contributed by atoms with Gasteiger partial charge < -0.3 is 0 Å². The van der Waals surface area contributed by atoms with Crippen molar-refractivity contribution in [2.45, 2.75) is 76.5 Å². The zero-order valence-electron chi connectivity index (χ0n) is 12.3. The normalized spacial score (nSPS) is 22.4. The van der Waals surface area contributed by atoms with E-state index in [2.05, 4.69) is 32.5 Å². The lowest BCUT2D eigenvalue weighted by atomic mass is 9.72. The van der Waals surface area contributed by atoms with Crippen LogP contribution in [0.15, 0.2) is 0 Å². The minimum absolute atomic E-state index is 0.218. The van der Waals surface area contributed by atoms with Crippen LogP contribution in [-0.4, -0.2) is 9.78 Å². The lowest BCUT2D eigenvalue weighted by Gasteiger charge is -2.32. The van der Waals surface area contributed by atoms with Crippen LogP contribution in [0.2, 0.25) is 0 Å². The average Bonchev–Trinajstić information content (AvgIpc) is 2.78. The molecule has 0 atom stereocenters. The zero-order valence-corrected chi connectivity index (χ0v) is 12.3. The van der Waals surface area contributed by atoms with E-state index in [0.29, 0.717) is 5.41 Å².